The van der Waals surface area contributed by atoms with Crippen LogP contribution >= 0.6 is 0 Å². The van der Waals surface area contributed by atoms with Crippen LogP contribution in [-0.2, 0) is 19.0 Å². The Morgan fingerprint density at radius 2 is 2.00 bits per heavy atom. The number of hydrogen-bond donors (Lipinski definition) is 2. The monoisotopic (exact) mass is 262 g/mol. The molecule has 1 fully saturated rings. The molecule has 0 unspecified atom stereocenters. The number of carbonyl (C=O) groups is 1. The van der Waals surface area contributed by atoms with Crippen molar-refractivity contribution in [1.29, 1.82) is 0 Å². The Morgan fingerprint density at radius 3 is 2.50 bits per heavy atom. The first-order valence-corrected chi connectivity index (χ1v) is 6.22. The van der Waals surface area contributed by atoms with Gasteiger partial charge < -0.3 is 24.4 Å². The second-order valence-electron chi connectivity index (χ2n) is 4.48. The molecule has 0 aliphatic carbocycles. The maximum atomic E-state index is 11.0. The van der Waals surface area contributed by atoms with Crippen LogP contribution in [-0.4, -0.2) is 54.0 Å². The van der Waals surface area contributed by atoms with Crippen LogP contribution in [0.15, 0.2) is 0 Å². The predicted molar refractivity (Wildman–Crippen MR) is 62.8 cm³/mol. The molecule has 6 heteroatoms. The maximum absolute atomic E-state index is 11.0. The highest BCUT2D eigenvalue weighted by Crippen LogP contribution is 2.27. The first kappa shape index (κ1) is 15.4. The number of rotatable bonds is 5. The molecular formula is C12H22O6. The van der Waals surface area contributed by atoms with E-state index in [1.165, 1.54) is 14.0 Å². The minimum absolute atomic E-state index is 0.461. The summed E-state index contributed by atoms with van der Waals surface area (Å²) in [5.41, 5.74) is 0. The summed E-state index contributed by atoms with van der Waals surface area (Å²) < 4.78 is 15.5. The minimum Gasteiger partial charge on any atom is -0.457 e. The van der Waals surface area contributed by atoms with Crippen LogP contribution in [0.4, 0.5) is 0 Å². The molecule has 0 aromatic carbocycles. The quantitative estimate of drug-likeness (QED) is 0.689. The maximum Gasteiger partial charge on any atom is 0.303 e. The first-order chi connectivity index (χ1) is 8.51. The van der Waals surface area contributed by atoms with Crippen molar-refractivity contribution in [2.24, 2.45) is 0 Å². The number of esters is 1. The Kier molecular flexibility index (Phi) is 6.01. The van der Waals surface area contributed by atoms with E-state index >= 15 is 0 Å². The lowest BCUT2D eigenvalue weighted by atomic mass is 9.95. The zero-order valence-corrected chi connectivity index (χ0v) is 11.0. The smallest absolute Gasteiger partial charge is 0.303 e. The molecular weight excluding hydrogens is 240 g/mol. The van der Waals surface area contributed by atoms with Crippen molar-refractivity contribution in [2.45, 2.75) is 63.8 Å². The van der Waals surface area contributed by atoms with E-state index in [2.05, 4.69) is 0 Å². The van der Waals surface area contributed by atoms with E-state index in [9.17, 15) is 15.0 Å². The number of methoxy groups -OCH3 is 1. The van der Waals surface area contributed by atoms with Gasteiger partial charge in [0.05, 0.1) is 0 Å². The van der Waals surface area contributed by atoms with Gasteiger partial charge in [-0.05, 0) is 6.42 Å². The second kappa shape index (κ2) is 7.04. The van der Waals surface area contributed by atoms with Crippen LogP contribution in [0.2, 0.25) is 0 Å². The highest BCUT2D eigenvalue weighted by Gasteiger charge is 2.46. The molecule has 2 N–H and O–H groups in total. The minimum atomic E-state index is -1.22. The summed E-state index contributed by atoms with van der Waals surface area (Å²) in [6.45, 7) is 3.29. The molecule has 1 heterocycles. The van der Waals surface area contributed by atoms with Crippen LogP contribution in [0.25, 0.3) is 0 Å². The first-order valence-electron chi connectivity index (χ1n) is 6.22. The van der Waals surface area contributed by atoms with E-state index in [1.807, 2.05) is 6.92 Å². The normalized spacial score (nSPS) is 36.4. The third-order valence-corrected chi connectivity index (χ3v) is 3.02. The molecule has 1 rings (SSSR count). The fourth-order valence-corrected chi connectivity index (χ4v) is 2.08. The summed E-state index contributed by atoms with van der Waals surface area (Å²) in [6.07, 6.45) is -2.16. The number of aliphatic hydroxyl groups is 2. The van der Waals surface area contributed by atoms with Crippen molar-refractivity contribution in [3.8, 4) is 0 Å². The van der Waals surface area contributed by atoms with E-state index < -0.39 is 36.7 Å². The lowest BCUT2D eigenvalue weighted by Gasteiger charge is -2.41. The van der Waals surface area contributed by atoms with Gasteiger partial charge in [0.1, 0.15) is 18.3 Å². The van der Waals surface area contributed by atoms with E-state index in [4.69, 9.17) is 14.2 Å². The molecule has 1 aliphatic rings. The molecule has 0 saturated carbocycles. The van der Waals surface area contributed by atoms with E-state index in [1.54, 1.807) is 0 Å². The molecule has 0 bridgehead atoms. The average Bonchev–Trinajstić information content (AvgIpc) is 2.33. The number of aliphatic hydroxyl groups excluding tert-OH is 2. The molecule has 1 aliphatic heterocycles. The summed E-state index contributed by atoms with van der Waals surface area (Å²) in [7, 11) is 1.39. The number of carbonyl (C=O) groups excluding carboxylic acids is 1. The van der Waals surface area contributed by atoms with Crippen LogP contribution in [0.3, 0.4) is 0 Å². The highest BCUT2D eigenvalue weighted by molar-refractivity contribution is 5.66. The number of ether oxygens (including phenoxy) is 3. The third kappa shape index (κ3) is 3.65. The second-order valence-corrected chi connectivity index (χ2v) is 4.48. The summed E-state index contributed by atoms with van der Waals surface area (Å²) in [6, 6.07) is 0. The van der Waals surface area contributed by atoms with Gasteiger partial charge in [-0.3, -0.25) is 4.79 Å². The molecule has 18 heavy (non-hydrogen) atoms. The van der Waals surface area contributed by atoms with Crippen molar-refractivity contribution in [3.63, 3.8) is 0 Å². The topological polar surface area (TPSA) is 85.2 Å². The van der Waals surface area contributed by atoms with Crippen molar-refractivity contribution >= 4 is 5.97 Å². The van der Waals surface area contributed by atoms with E-state index in [0.717, 1.165) is 12.8 Å². The van der Waals surface area contributed by atoms with Crippen molar-refractivity contribution in [1.82, 2.24) is 0 Å². The van der Waals surface area contributed by atoms with Gasteiger partial charge in [0.25, 0.3) is 0 Å². The fraction of sp³-hybridized carbons (Fsp3) is 0.917. The van der Waals surface area contributed by atoms with Crippen molar-refractivity contribution in [2.75, 3.05) is 7.11 Å². The van der Waals surface area contributed by atoms with Gasteiger partial charge in [0.2, 0.25) is 0 Å². The Hall–Kier alpha value is -0.690. The third-order valence-electron chi connectivity index (χ3n) is 3.02. The van der Waals surface area contributed by atoms with Gasteiger partial charge in [-0.15, -0.1) is 0 Å². The van der Waals surface area contributed by atoms with Crippen LogP contribution < -0.4 is 0 Å². The van der Waals surface area contributed by atoms with Crippen LogP contribution in [0.5, 0.6) is 0 Å². The van der Waals surface area contributed by atoms with E-state index in [-0.39, 0.29) is 0 Å². The lowest BCUT2D eigenvalue weighted by molar-refractivity contribution is -0.293. The largest absolute Gasteiger partial charge is 0.457 e. The molecule has 6 nitrogen and oxygen atoms in total. The molecule has 0 aromatic heterocycles. The van der Waals surface area contributed by atoms with Crippen LogP contribution in [0, 0.1) is 0 Å². The zero-order chi connectivity index (χ0) is 13.7. The van der Waals surface area contributed by atoms with Gasteiger partial charge in [-0.25, -0.2) is 0 Å². The fourth-order valence-electron chi connectivity index (χ4n) is 2.08. The predicted octanol–water partition coefficient (Wildman–Crippen LogP) is 0.201. The summed E-state index contributed by atoms with van der Waals surface area (Å²) in [5, 5.41) is 19.7. The Labute approximate surface area is 107 Å². The lowest BCUT2D eigenvalue weighted by Crippen LogP contribution is -2.59. The summed E-state index contributed by atoms with van der Waals surface area (Å²) in [5.74, 6) is -0.507. The Bertz CT molecular complexity index is 269. The average molecular weight is 262 g/mol. The number of hydrogen-bond acceptors (Lipinski definition) is 6. The molecule has 0 aromatic rings. The van der Waals surface area contributed by atoms with Gasteiger partial charge in [0.15, 0.2) is 12.4 Å². The van der Waals surface area contributed by atoms with Gasteiger partial charge in [-0.2, -0.15) is 0 Å². The van der Waals surface area contributed by atoms with Gasteiger partial charge in [-0.1, -0.05) is 19.8 Å². The Balaban J connectivity index is 2.76. The molecule has 0 spiro atoms. The Morgan fingerprint density at radius 1 is 1.33 bits per heavy atom. The molecule has 1 saturated heterocycles. The molecule has 106 valence electrons. The highest BCUT2D eigenvalue weighted by atomic mass is 16.7. The standard InChI is InChI=1S/C12H22O6/c1-4-5-6-8-11(17-7(2)13)9(14)10(15)12(16-3)18-8/h8-12,14-15H,4-6H2,1-3H3/t8-,9+,10-,11+,12+/m1/s1. The molecule has 0 radical (unpaired) electrons. The van der Waals surface area contributed by atoms with Crippen molar-refractivity contribution in [3.05, 3.63) is 0 Å². The zero-order valence-electron chi connectivity index (χ0n) is 11.0. The van der Waals surface area contributed by atoms with Gasteiger partial charge >= 0.3 is 5.97 Å². The SMILES string of the molecule is CCCC[C@H]1O[C@H](OC)[C@H](O)[C@H](O)[C@H]1OC(C)=O. The summed E-state index contributed by atoms with van der Waals surface area (Å²) in [4.78, 5) is 11.0. The van der Waals surface area contributed by atoms with E-state index in [0.29, 0.717) is 6.42 Å². The molecule has 0 amide bonds. The number of unbranched alkanes of at least 4 members (excludes halogenated alkanes) is 1. The van der Waals surface area contributed by atoms with Crippen LogP contribution in [0.1, 0.15) is 33.1 Å². The molecule has 5 atom stereocenters. The summed E-state index contributed by atoms with van der Waals surface area (Å²) >= 11 is 0. The van der Waals surface area contributed by atoms with Gasteiger partial charge in [0, 0.05) is 14.0 Å². The van der Waals surface area contributed by atoms with Crippen molar-refractivity contribution < 1.29 is 29.2 Å².